The van der Waals surface area contributed by atoms with Gasteiger partial charge >= 0.3 is 0 Å². The number of anilines is 3. The number of aromatic nitrogens is 2. The quantitative estimate of drug-likeness (QED) is 0.482. The summed E-state index contributed by atoms with van der Waals surface area (Å²) in [6.45, 7) is 2.44. The third kappa shape index (κ3) is 5.71. The van der Waals surface area contributed by atoms with Gasteiger partial charge in [0.15, 0.2) is 21.3 Å². The molecule has 5 N–H and O–H groups in total. The number of aliphatic hydroxyl groups excluding tert-OH is 1. The van der Waals surface area contributed by atoms with Crippen LogP contribution in [-0.2, 0) is 16.3 Å². The zero-order chi connectivity index (χ0) is 22.6. The minimum absolute atomic E-state index is 0.0233. The van der Waals surface area contributed by atoms with Crippen LogP contribution in [0, 0.1) is 5.92 Å². The highest BCUT2D eigenvalue weighted by Gasteiger charge is 2.24. The second kappa shape index (κ2) is 9.61. The number of nitrogens with zero attached hydrogens (tertiary/aromatic N) is 2. The first-order valence-corrected chi connectivity index (χ1v) is 12.3. The Hall–Kier alpha value is -2.72. The molecule has 9 nitrogen and oxygen atoms in total. The molecular weight excluding hydrogens is 418 g/mol. The monoisotopic (exact) mass is 447 g/mol. The number of benzene rings is 1. The highest BCUT2D eigenvalue weighted by molar-refractivity contribution is 7.90. The van der Waals surface area contributed by atoms with Crippen LogP contribution < -0.4 is 16.4 Å². The van der Waals surface area contributed by atoms with E-state index >= 15 is 0 Å². The summed E-state index contributed by atoms with van der Waals surface area (Å²) in [5.74, 6) is 0.0335. The molecule has 31 heavy (non-hydrogen) atoms. The summed E-state index contributed by atoms with van der Waals surface area (Å²) < 4.78 is 23.7. The van der Waals surface area contributed by atoms with Crippen molar-refractivity contribution < 1.29 is 18.3 Å². The third-order valence-electron chi connectivity index (χ3n) is 5.46. The number of amides is 1. The SMILES string of the molecule is CCc1nc(C(N)=O)c(Nc2cccc(S(C)(=O)=O)c2)nc1NC[C@H]1CCCC[C@H]1O. The average molecular weight is 448 g/mol. The van der Waals surface area contributed by atoms with Gasteiger partial charge in [-0.25, -0.2) is 18.4 Å². The van der Waals surface area contributed by atoms with Crippen LogP contribution >= 0.6 is 0 Å². The number of nitrogens with two attached hydrogens (primary N) is 1. The van der Waals surface area contributed by atoms with Crippen molar-refractivity contribution in [2.24, 2.45) is 11.7 Å². The van der Waals surface area contributed by atoms with Crippen LogP contribution in [-0.4, -0.2) is 48.3 Å². The van der Waals surface area contributed by atoms with E-state index in [1.165, 1.54) is 12.1 Å². The first-order chi connectivity index (χ1) is 14.7. The fraction of sp³-hybridized carbons (Fsp3) is 0.476. The molecule has 168 valence electrons. The second-order valence-electron chi connectivity index (χ2n) is 7.85. The van der Waals surface area contributed by atoms with Gasteiger partial charge in [-0.2, -0.15) is 0 Å². The molecule has 0 saturated heterocycles. The van der Waals surface area contributed by atoms with E-state index in [1.54, 1.807) is 12.1 Å². The van der Waals surface area contributed by atoms with Crippen LogP contribution in [0.4, 0.5) is 17.3 Å². The minimum atomic E-state index is -3.39. The summed E-state index contributed by atoms with van der Waals surface area (Å²) in [4.78, 5) is 21.1. The molecule has 1 aromatic heterocycles. The van der Waals surface area contributed by atoms with Crippen LogP contribution in [0.5, 0.6) is 0 Å². The van der Waals surface area contributed by atoms with Gasteiger partial charge in [0.05, 0.1) is 16.7 Å². The molecule has 0 unspecified atom stereocenters. The topological polar surface area (TPSA) is 147 Å². The number of primary amides is 1. The molecule has 2 atom stereocenters. The number of carbonyl (C=O) groups is 1. The Labute approximate surface area is 182 Å². The predicted molar refractivity (Wildman–Crippen MR) is 119 cm³/mol. The van der Waals surface area contributed by atoms with E-state index in [9.17, 15) is 18.3 Å². The van der Waals surface area contributed by atoms with Crippen molar-refractivity contribution in [2.45, 2.75) is 50.0 Å². The molecule has 1 heterocycles. The summed E-state index contributed by atoms with van der Waals surface area (Å²) in [7, 11) is -3.39. The molecule has 1 aromatic carbocycles. The van der Waals surface area contributed by atoms with Crippen LogP contribution in [0.1, 0.15) is 48.8 Å². The van der Waals surface area contributed by atoms with E-state index in [-0.39, 0.29) is 28.4 Å². The number of nitrogens with one attached hydrogen (secondary N) is 2. The van der Waals surface area contributed by atoms with Crippen molar-refractivity contribution in [1.29, 1.82) is 0 Å². The van der Waals surface area contributed by atoms with E-state index in [0.29, 0.717) is 30.2 Å². The van der Waals surface area contributed by atoms with Crippen molar-refractivity contribution in [1.82, 2.24) is 9.97 Å². The first kappa shape index (κ1) is 23.0. The Morgan fingerprint density at radius 1 is 1.23 bits per heavy atom. The van der Waals surface area contributed by atoms with Gasteiger partial charge in [0.1, 0.15) is 5.82 Å². The third-order valence-corrected chi connectivity index (χ3v) is 6.57. The Bertz CT molecular complexity index is 1060. The molecule has 1 saturated carbocycles. The van der Waals surface area contributed by atoms with Gasteiger partial charge in [0.25, 0.3) is 5.91 Å². The molecule has 0 aliphatic heterocycles. The van der Waals surface area contributed by atoms with Gasteiger partial charge in [-0.1, -0.05) is 25.8 Å². The number of hydrogen-bond acceptors (Lipinski definition) is 8. The summed E-state index contributed by atoms with van der Waals surface area (Å²) >= 11 is 0. The fourth-order valence-electron chi connectivity index (χ4n) is 3.71. The lowest BCUT2D eigenvalue weighted by molar-refractivity contribution is 0.0763. The van der Waals surface area contributed by atoms with E-state index in [4.69, 9.17) is 5.73 Å². The smallest absolute Gasteiger partial charge is 0.271 e. The molecule has 0 radical (unpaired) electrons. The maximum absolute atomic E-state index is 12.0. The number of hydrogen-bond donors (Lipinski definition) is 4. The molecular formula is C21H29N5O4S. The maximum atomic E-state index is 12.0. The summed E-state index contributed by atoms with van der Waals surface area (Å²) in [6, 6.07) is 6.21. The number of carbonyl (C=O) groups excluding carboxylic acids is 1. The van der Waals surface area contributed by atoms with Crippen molar-refractivity contribution in [3.63, 3.8) is 0 Å². The Kier molecular flexibility index (Phi) is 7.11. The fourth-order valence-corrected chi connectivity index (χ4v) is 4.38. The minimum Gasteiger partial charge on any atom is -0.393 e. The number of aliphatic hydroxyl groups is 1. The zero-order valence-corrected chi connectivity index (χ0v) is 18.6. The van der Waals surface area contributed by atoms with E-state index < -0.39 is 15.7 Å². The molecule has 1 aliphatic carbocycles. The first-order valence-electron chi connectivity index (χ1n) is 10.4. The molecule has 1 amide bonds. The number of rotatable bonds is 8. The molecule has 0 bridgehead atoms. The predicted octanol–water partition coefficient (Wildman–Crippen LogP) is 2.25. The van der Waals surface area contributed by atoms with Crippen molar-refractivity contribution in [2.75, 3.05) is 23.4 Å². The van der Waals surface area contributed by atoms with E-state index in [1.807, 2.05) is 6.92 Å². The lowest BCUT2D eigenvalue weighted by Crippen LogP contribution is -2.31. The summed E-state index contributed by atoms with van der Waals surface area (Å²) in [6.07, 6.45) is 5.16. The molecule has 1 fully saturated rings. The van der Waals surface area contributed by atoms with Crippen LogP contribution in [0.2, 0.25) is 0 Å². The van der Waals surface area contributed by atoms with E-state index in [2.05, 4.69) is 20.6 Å². The zero-order valence-electron chi connectivity index (χ0n) is 17.8. The molecule has 10 heteroatoms. The van der Waals surface area contributed by atoms with Gasteiger partial charge < -0.3 is 21.5 Å². The van der Waals surface area contributed by atoms with Crippen LogP contribution in [0.3, 0.4) is 0 Å². The lowest BCUT2D eigenvalue weighted by atomic mass is 9.86. The van der Waals surface area contributed by atoms with Gasteiger partial charge in [0, 0.05) is 24.4 Å². The summed E-state index contributed by atoms with van der Waals surface area (Å²) in [5, 5.41) is 16.5. The highest BCUT2D eigenvalue weighted by atomic mass is 32.2. The van der Waals surface area contributed by atoms with Gasteiger partial charge in [-0.15, -0.1) is 0 Å². The Morgan fingerprint density at radius 3 is 2.61 bits per heavy atom. The van der Waals surface area contributed by atoms with Crippen molar-refractivity contribution in [3.05, 3.63) is 35.7 Å². The lowest BCUT2D eigenvalue weighted by Gasteiger charge is -2.28. The van der Waals surface area contributed by atoms with Crippen LogP contribution in [0.25, 0.3) is 0 Å². The van der Waals surface area contributed by atoms with Gasteiger partial charge in [0.2, 0.25) is 0 Å². The normalized spacial score (nSPS) is 19.1. The Balaban J connectivity index is 1.91. The Morgan fingerprint density at radius 2 is 1.97 bits per heavy atom. The standard InChI is InChI=1S/C21H29N5O4S/c1-3-16-20(23-12-13-7-4-5-10-17(13)27)26-21(18(25-16)19(22)28)24-14-8-6-9-15(11-14)31(2,29)30/h6,8-9,11,13,17,27H,3-5,7,10,12H2,1-2H3,(H2,22,28)(H2,23,24,26)/t13-,17-/m1/s1. The van der Waals surface area contributed by atoms with E-state index in [0.717, 1.165) is 31.9 Å². The summed E-state index contributed by atoms with van der Waals surface area (Å²) in [5.41, 5.74) is 6.53. The number of sulfone groups is 1. The average Bonchev–Trinajstić information content (AvgIpc) is 2.72. The highest BCUT2D eigenvalue weighted by Crippen LogP contribution is 2.27. The molecule has 2 aromatic rings. The van der Waals surface area contributed by atoms with Gasteiger partial charge in [-0.05, 0) is 37.5 Å². The van der Waals surface area contributed by atoms with Crippen molar-refractivity contribution in [3.8, 4) is 0 Å². The molecule has 3 rings (SSSR count). The number of aryl methyl sites for hydroxylation is 1. The second-order valence-corrected chi connectivity index (χ2v) is 9.87. The maximum Gasteiger partial charge on any atom is 0.271 e. The molecule has 1 aliphatic rings. The van der Waals surface area contributed by atoms with Gasteiger partial charge in [-0.3, -0.25) is 4.79 Å². The molecule has 0 spiro atoms. The van der Waals surface area contributed by atoms with Crippen molar-refractivity contribution >= 4 is 33.1 Å². The van der Waals surface area contributed by atoms with Crippen LogP contribution in [0.15, 0.2) is 29.2 Å². The largest absolute Gasteiger partial charge is 0.393 e.